The number of aliphatic carboxylic acids is 1. The van der Waals surface area contributed by atoms with Crippen molar-refractivity contribution in [3.63, 3.8) is 0 Å². The first-order valence-electron chi connectivity index (χ1n) is 15.9. The predicted octanol–water partition coefficient (Wildman–Crippen LogP) is 3.88. The van der Waals surface area contributed by atoms with Crippen LogP contribution in [0.4, 0.5) is 5.69 Å². The number of fused-ring (bicyclic) bond motifs is 1. The predicted molar refractivity (Wildman–Crippen MR) is 194 cm³/mol. The Hall–Kier alpha value is -4.08. The molecule has 268 valence electrons. The lowest BCUT2D eigenvalue weighted by Crippen LogP contribution is -2.39. The number of benzene rings is 2. The summed E-state index contributed by atoms with van der Waals surface area (Å²) >= 11 is 0. The van der Waals surface area contributed by atoms with Crippen molar-refractivity contribution in [3.8, 4) is 5.75 Å². The maximum atomic E-state index is 13.5. The fourth-order valence-electron chi connectivity index (χ4n) is 6.14. The molecule has 14 nitrogen and oxygen atoms in total. The van der Waals surface area contributed by atoms with E-state index in [1.54, 1.807) is 53.2 Å². The molecular weight excluding hydrogens is 695 g/mol. The summed E-state index contributed by atoms with van der Waals surface area (Å²) in [6.45, 7) is 2.94. The van der Waals surface area contributed by atoms with Crippen LogP contribution in [0.3, 0.4) is 0 Å². The van der Waals surface area contributed by atoms with Gasteiger partial charge in [-0.05, 0) is 62.2 Å². The normalized spacial score (nSPS) is 15.7. The van der Waals surface area contributed by atoms with Crippen LogP contribution in [0.25, 0.3) is 11.0 Å². The van der Waals surface area contributed by atoms with Crippen molar-refractivity contribution in [3.05, 3.63) is 53.9 Å². The van der Waals surface area contributed by atoms with Crippen molar-refractivity contribution in [2.24, 2.45) is 10.8 Å². The fraction of sp³-hybridized carbons (Fsp3) is 0.469. The lowest BCUT2D eigenvalue weighted by Gasteiger charge is -2.30. The summed E-state index contributed by atoms with van der Waals surface area (Å²) in [7, 11) is -4.39. The van der Waals surface area contributed by atoms with Gasteiger partial charge in [-0.2, -0.15) is 5.10 Å². The van der Waals surface area contributed by atoms with Gasteiger partial charge < -0.3 is 25.5 Å². The number of carbonyl (C=O) groups excluding carboxylic acids is 1. The number of carboxylic acid groups (broad SMARTS) is 1. The largest absolute Gasteiger partial charge is 0.490 e. The summed E-state index contributed by atoms with van der Waals surface area (Å²) < 4.78 is 35.8. The Labute approximate surface area is 298 Å². The Morgan fingerprint density at radius 1 is 1.10 bits per heavy atom. The minimum Gasteiger partial charge on any atom is -0.490 e. The van der Waals surface area contributed by atoms with Crippen LogP contribution in [0.1, 0.15) is 63.3 Å². The van der Waals surface area contributed by atoms with Crippen molar-refractivity contribution in [1.82, 2.24) is 19.9 Å². The third kappa shape index (κ3) is 10.2. The highest BCUT2D eigenvalue weighted by Gasteiger charge is 2.29. The molecule has 3 aromatic rings. The minimum absolute atomic E-state index is 0. The van der Waals surface area contributed by atoms with Gasteiger partial charge >= 0.3 is 5.97 Å². The van der Waals surface area contributed by atoms with Crippen LogP contribution >= 0.6 is 24.8 Å². The molecule has 1 saturated heterocycles. The number of nitrogens with two attached hydrogens (primary N) is 1. The van der Waals surface area contributed by atoms with E-state index in [2.05, 4.69) is 15.4 Å². The lowest BCUT2D eigenvalue weighted by atomic mass is 9.95. The van der Waals surface area contributed by atoms with E-state index in [4.69, 9.17) is 15.9 Å². The first kappa shape index (κ1) is 39.4. The standard InChI is InChI=1S/C32H42N8O6S.2ClH/c1-2-35-38-16-14-26(15-17-38)46-25-11-9-24(10-12-25)40(47(44,45)21-31(42)43)19-29-37-27-18-22(32(33)34)8-13-28(27)39(29)20-30(41)36-23-6-4-3-5-7-23;;/h2,8-13,18,23,26H,3-7,14-17,19-21H2,1H3,(H3,33,34)(H,36,41)(H,42,43);2*1H/b35-2+;;. The van der Waals surface area contributed by atoms with Gasteiger partial charge in [-0.25, -0.2) is 13.4 Å². The van der Waals surface area contributed by atoms with Gasteiger partial charge in [-0.15, -0.1) is 24.8 Å². The van der Waals surface area contributed by atoms with E-state index >= 15 is 0 Å². The summed E-state index contributed by atoms with van der Waals surface area (Å²) in [5.74, 6) is -2.24. The number of hydrazone groups is 1. The van der Waals surface area contributed by atoms with E-state index in [-0.39, 0.29) is 73.3 Å². The van der Waals surface area contributed by atoms with Gasteiger partial charge in [0.15, 0.2) is 5.75 Å². The number of amidine groups is 1. The number of rotatable bonds is 13. The first-order valence-corrected chi connectivity index (χ1v) is 17.5. The topological polar surface area (TPSA) is 196 Å². The molecule has 0 spiro atoms. The van der Waals surface area contributed by atoms with E-state index in [1.807, 2.05) is 11.9 Å². The number of amides is 1. The SMILES string of the molecule is C/C=N/N1CCC(Oc2ccc(N(Cc3nc4cc(C(=N)N)ccc4n3CC(=O)NC3CCCCC3)S(=O)(=O)CC(=O)O)cc2)CC1.Cl.Cl. The average molecular weight is 740 g/mol. The third-order valence-corrected chi connectivity index (χ3v) is 10.1. The van der Waals surface area contributed by atoms with Crippen LogP contribution in [-0.2, 0) is 32.7 Å². The molecule has 5 rings (SSSR count). The summed E-state index contributed by atoms with van der Waals surface area (Å²) in [5.41, 5.74) is 7.34. The zero-order chi connectivity index (χ0) is 33.6. The first-order chi connectivity index (χ1) is 22.5. The van der Waals surface area contributed by atoms with E-state index in [0.717, 1.165) is 62.3 Å². The molecular formula is C32H44Cl2N8O6S. The van der Waals surface area contributed by atoms with Crippen LogP contribution in [0.2, 0.25) is 0 Å². The molecule has 17 heteroatoms. The Morgan fingerprint density at radius 3 is 2.39 bits per heavy atom. The number of piperidine rings is 1. The molecule has 5 N–H and O–H groups in total. The molecule has 2 fully saturated rings. The summed E-state index contributed by atoms with van der Waals surface area (Å²) in [6.07, 6.45) is 8.35. The summed E-state index contributed by atoms with van der Waals surface area (Å²) in [5, 5.41) is 26.7. The molecule has 0 radical (unpaired) electrons. The minimum atomic E-state index is -4.39. The highest BCUT2D eigenvalue weighted by molar-refractivity contribution is 7.93. The van der Waals surface area contributed by atoms with Crippen LogP contribution < -0.4 is 20.1 Å². The number of hydrogen-bond donors (Lipinski definition) is 4. The zero-order valence-electron chi connectivity index (χ0n) is 27.3. The van der Waals surface area contributed by atoms with Crippen molar-refractivity contribution in [2.75, 3.05) is 23.1 Å². The Balaban J connectivity index is 0.00000325. The van der Waals surface area contributed by atoms with Crippen molar-refractivity contribution in [1.29, 1.82) is 5.41 Å². The number of nitrogens with one attached hydrogen (secondary N) is 2. The van der Waals surface area contributed by atoms with Gasteiger partial charge in [-0.3, -0.25) is 24.3 Å². The zero-order valence-corrected chi connectivity index (χ0v) is 29.7. The molecule has 0 atom stereocenters. The molecule has 1 amide bonds. The second kappa shape index (κ2) is 17.5. The number of nitrogen functional groups attached to an aromatic ring is 1. The molecule has 2 heterocycles. The maximum Gasteiger partial charge on any atom is 0.320 e. The Kier molecular flexibility index (Phi) is 14.1. The number of anilines is 1. The quantitative estimate of drug-likeness (QED) is 0.149. The number of carboxylic acids is 1. The number of nitrogens with zero attached hydrogens (tertiary/aromatic N) is 5. The van der Waals surface area contributed by atoms with Crippen LogP contribution in [0.15, 0.2) is 47.6 Å². The number of aromatic nitrogens is 2. The van der Waals surface area contributed by atoms with Gasteiger partial charge in [0.25, 0.3) is 0 Å². The highest BCUT2D eigenvalue weighted by atomic mass is 35.5. The van der Waals surface area contributed by atoms with Crippen LogP contribution in [-0.4, -0.2) is 83.0 Å². The Bertz CT molecular complexity index is 1740. The smallest absolute Gasteiger partial charge is 0.320 e. The van der Waals surface area contributed by atoms with Gasteiger partial charge in [0, 0.05) is 43.8 Å². The number of imidazole rings is 1. The monoisotopic (exact) mass is 738 g/mol. The van der Waals surface area contributed by atoms with Gasteiger partial charge in [0.1, 0.15) is 30.1 Å². The van der Waals surface area contributed by atoms with Gasteiger partial charge in [0.05, 0.1) is 23.3 Å². The molecule has 49 heavy (non-hydrogen) atoms. The number of sulfonamides is 1. The molecule has 1 aliphatic carbocycles. The van der Waals surface area contributed by atoms with Crippen LogP contribution in [0.5, 0.6) is 5.75 Å². The van der Waals surface area contributed by atoms with E-state index in [9.17, 15) is 23.1 Å². The van der Waals surface area contributed by atoms with Crippen molar-refractivity contribution >= 4 is 75.5 Å². The molecule has 2 aromatic carbocycles. The maximum absolute atomic E-state index is 13.5. The number of carbonyl (C=O) groups is 2. The molecule has 0 bridgehead atoms. The summed E-state index contributed by atoms with van der Waals surface area (Å²) in [4.78, 5) is 29.6. The summed E-state index contributed by atoms with van der Waals surface area (Å²) in [6, 6.07) is 11.5. The number of hydrogen-bond acceptors (Lipinski definition) is 9. The molecule has 1 aromatic heterocycles. The van der Waals surface area contributed by atoms with E-state index in [0.29, 0.717) is 22.3 Å². The highest BCUT2D eigenvalue weighted by Crippen LogP contribution is 2.28. The number of ether oxygens (including phenoxy) is 1. The second-order valence-corrected chi connectivity index (χ2v) is 13.8. The van der Waals surface area contributed by atoms with E-state index in [1.165, 1.54) is 0 Å². The molecule has 0 unspecified atom stereocenters. The molecule has 2 aliphatic rings. The van der Waals surface area contributed by atoms with Crippen molar-refractivity contribution < 1.29 is 27.9 Å². The van der Waals surface area contributed by atoms with Gasteiger partial charge in [-0.1, -0.05) is 19.3 Å². The van der Waals surface area contributed by atoms with Gasteiger partial charge in [0.2, 0.25) is 15.9 Å². The second-order valence-electron chi connectivity index (χ2n) is 11.9. The fourth-order valence-corrected chi connectivity index (χ4v) is 7.37. The Morgan fingerprint density at radius 2 is 1.78 bits per heavy atom. The molecule has 1 saturated carbocycles. The van der Waals surface area contributed by atoms with Crippen LogP contribution in [0, 0.1) is 5.41 Å². The van der Waals surface area contributed by atoms with E-state index < -0.39 is 21.7 Å². The third-order valence-electron chi connectivity index (χ3n) is 8.46. The molecule has 1 aliphatic heterocycles. The lowest BCUT2D eigenvalue weighted by molar-refractivity contribution is -0.134. The van der Waals surface area contributed by atoms with Crippen molar-refractivity contribution in [2.45, 2.75) is 77.1 Å². The average Bonchev–Trinajstić information content (AvgIpc) is 3.37. The number of halogens is 2.